The van der Waals surface area contributed by atoms with Crippen molar-refractivity contribution in [2.45, 2.75) is 26.2 Å². The van der Waals surface area contributed by atoms with Crippen LogP contribution in [0, 0.1) is 11.3 Å². The summed E-state index contributed by atoms with van der Waals surface area (Å²) in [7, 11) is 0. The Morgan fingerprint density at radius 3 is 2.48 bits per heavy atom. The molecule has 27 heavy (non-hydrogen) atoms. The fourth-order valence-electron chi connectivity index (χ4n) is 2.53. The Hall–Kier alpha value is -2.91. The van der Waals surface area contributed by atoms with Gasteiger partial charge in [-0.25, -0.2) is 4.68 Å². The van der Waals surface area contributed by atoms with Crippen molar-refractivity contribution in [3.8, 4) is 11.8 Å². The zero-order valence-electron chi connectivity index (χ0n) is 15.3. The first-order valence-corrected chi connectivity index (χ1v) is 9.25. The van der Waals surface area contributed by atoms with Gasteiger partial charge in [0.1, 0.15) is 5.82 Å². The maximum Gasteiger partial charge on any atom is 0.256 e. The van der Waals surface area contributed by atoms with Gasteiger partial charge in [-0.3, -0.25) is 4.79 Å². The Morgan fingerprint density at radius 1 is 1.15 bits per heavy atom. The normalized spacial score (nSPS) is 11.1. The minimum absolute atomic E-state index is 0.166. The molecular formula is C21H19BrN4O. The number of nitrogens with zero attached hydrogens (tertiary/aromatic N) is 3. The predicted octanol–water partition coefficient (Wildman–Crippen LogP) is 5.06. The van der Waals surface area contributed by atoms with Crippen LogP contribution in [0.25, 0.3) is 5.69 Å². The van der Waals surface area contributed by atoms with Gasteiger partial charge in [-0.1, -0.05) is 42.8 Å². The third kappa shape index (κ3) is 4.26. The average Bonchev–Trinajstić information content (AvgIpc) is 3.06. The molecule has 3 aromatic rings. The molecule has 0 atom stereocenters. The molecule has 1 heterocycles. The highest BCUT2D eigenvalue weighted by Crippen LogP contribution is 2.27. The molecule has 0 bridgehead atoms. The number of nitriles is 1. The molecular weight excluding hydrogens is 404 g/mol. The van der Waals surface area contributed by atoms with Crippen molar-refractivity contribution in [1.82, 2.24) is 9.78 Å². The Kier molecular flexibility index (Phi) is 5.15. The van der Waals surface area contributed by atoms with Crippen LogP contribution < -0.4 is 5.32 Å². The Morgan fingerprint density at radius 2 is 1.85 bits per heavy atom. The van der Waals surface area contributed by atoms with E-state index in [0.717, 1.165) is 15.9 Å². The Bertz CT molecular complexity index is 1020. The number of amides is 1. The number of hydrogen-bond acceptors (Lipinski definition) is 3. The van der Waals surface area contributed by atoms with Crippen LogP contribution in [0.15, 0.2) is 59.1 Å². The first-order valence-electron chi connectivity index (χ1n) is 8.46. The summed E-state index contributed by atoms with van der Waals surface area (Å²) in [5.41, 5.74) is 2.41. The van der Waals surface area contributed by atoms with Gasteiger partial charge in [-0.15, -0.1) is 0 Å². The molecule has 136 valence electrons. The topological polar surface area (TPSA) is 70.7 Å². The van der Waals surface area contributed by atoms with E-state index in [4.69, 9.17) is 10.4 Å². The maximum atomic E-state index is 12.7. The number of halogens is 1. The van der Waals surface area contributed by atoms with E-state index in [-0.39, 0.29) is 11.3 Å². The van der Waals surface area contributed by atoms with Gasteiger partial charge in [-0.05, 0) is 42.5 Å². The second-order valence-electron chi connectivity index (χ2n) is 7.20. The number of aromatic nitrogens is 2. The van der Waals surface area contributed by atoms with Crippen LogP contribution in [0.5, 0.6) is 0 Å². The second kappa shape index (κ2) is 7.37. The summed E-state index contributed by atoms with van der Waals surface area (Å²) in [5.74, 6) is 0.292. The minimum Gasteiger partial charge on any atom is -0.306 e. The highest BCUT2D eigenvalue weighted by atomic mass is 79.9. The lowest BCUT2D eigenvalue weighted by Gasteiger charge is -2.14. The Labute approximate surface area is 166 Å². The number of carbonyl (C=O) groups excluding carboxylic acids is 1. The van der Waals surface area contributed by atoms with Gasteiger partial charge < -0.3 is 5.32 Å². The summed E-state index contributed by atoms with van der Waals surface area (Å²) in [4.78, 5) is 12.7. The van der Waals surface area contributed by atoms with Gasteiger partial charge in [0.25, 0.3) is 5.91 Å². The molecule has 1 amide bonds. The monoisotopic (exact) mass is 422 g/mol. The zero-order chi connectivity index (χ0) is 19.6. The Balaban J connectivity index is 2.00. The molecule has 5 nitrogen and oxygen atoms in total. The van der Waals surface area contributed by atoms with Crippen molar-refractivity contribution in [3.05, 3.63) is 75.9 Å². The van der Waals surface area contributed by atoms with Gasteiger partial charge in [-0.2, -0.15) is 10.4 Å². The fourth-order valence-corrected chi connectivity index (χ4v) is 2.80. The standard InChI is InChI=1S/C21H19BrN4O/c1-21(2,3)18-12-19(26(25-18)17-9-7-16(22)8-10-17)24-20(27)15-6-4-5-14(11-15)13-23/h4-12H,1-3H3,(H,24,27). The third-order valence-electron chi connectivity index (χ3n) is 4.04. The molecule has 0 unspecified atom stereocenters. The van der Waals surface area contributed by atoms with Crippen molar-refractivity contribution < 1.29 is 4.79 Å². The molecule has 0 radical (unpaired) electrons. The fraction of sp³-hybridized carbons (Fsp3) is 0.190. The van der Waals surface area contributed by atoms with Gasteiger partial charge in [0.05, 0.1) is 23.0 Å². The van der Waals surface area contributed by atoms with E-state index in [0.29, 0.717) is 16.9 Å². The molecule has 0 saturated heterocycles. The van der Waals surface area contributed by atoms with Gasteiger partial charge in [0, 0.05) is 21.5 Å². The minimum atomic E-state index is -0.286. The molecule has 0 aliphatic heterocycles. The smallest absolute Gasteiger partial charge is 0.256 e. The largest absolute Gasteiger partial charge is 0.306 e. The number of carbonyl (C=O) groups is 1. The van der Waals surface area contributed by atoms with Gasteiger partial charge >= 0.3 is 0 Å². The first kappa shape index (κ1) is 18.9. The number of rotatable bonds is 3. The van der Waals surface area contributed by atoms with Crippen LogP contribution in [-0.2, 0) is 5.41 Å². The lowest BCUT2D eigenvalue weighted by atomic mass is 9.92. The van der Waals surface area contributed by atoms with E-state index >= 15 is 0 Å². The van der Waals surface area contributed by atoms with Crippen molar-refractivity contribution in [3.63, 3.8) is 0 Å². The predicted molar refractivity (Wildman–Crippen MR) is 109 cm³/mol. The third-order valence-corrected chi connectivity index (χ3v) is 4.57. The maximum absolute atomic E-state index is 12.7. The number of hydrogen-bond donors (Lipinski definition) is 1. The van der Waals surface area contributed by atoms with Gasteiger partial charge in [0.2, 0.25) is 0 Å². The summed E-state index contributed by atoms with van der Waals surface area (Å²) in [6, 6.07) is 18.3. The number of anilines is 1. The van der Waals surface area contributed by atoms with Crippen LogP contribution in [0.3, 0.4) is 0 Å². The second-order valence-corrected chi connectivity index (χ2v) is 8.12. The zero-order valence-corrected chi connectivity index (χ0v) is 16.9. The first-order chi connectivity index (χ1) is 12.8. The molecule has 0 saturated carbocycles. The lowest BCUT2D eigenvalue weighted by Crippen LogP contribution is -2.15. The van der Waals surface area contributed by atoms with Crippen LogP contribution in [0.2, 0.25) is 0 Å². The molecule has 1 aromatic heterocycles. The van der Waals surface area contributed by atoms with Crippen LogP contribution in [-0.4, -0.2) is 15.7 Å². The van der Waals surface area contributed by atoms with E-state index in [9.17, 15) is 4.79 Å². The summed E-state index contributed by atoms with van der Waals surface area (Å²) in [6.45, 7) is 6.22. The summed E-state index contributed by atoms with van der Waals surface area (Å²) in [5, 5.41) is 16.7. The molecule has 2 aromatic carbocycles. The molecule has 0 spiro atoms. The van der Waals surface area contributed by atoms with E-state index in [1.54, 1.807) is 28.9 Å². The molecule has 3 rings (SSSR count). The molecule has 0 fully saturated rings. The summed E-state index contributed by atoms with van der Waals surface area (Å²) in [6.07, 6.45) is 0. The molecule has 6 heteroatoms. The molecule has 0 aliphatic rings. The van der Waals surface area contributed by atoms with Crippen LogP contribution in [0.1, 0.15) is 42.4 Å². The van der Waals surface area contributed by atoms with Crippen LogP contribution >= 0.6 is 15.9 Å². The molecule has 1 N–H and O–H groups in total. The van der Waals surface area contributed by atoms with Crippen LogP contribution in [0.4, 0.5) is 5.82 Å². The van der Waals surface area contributed by atoms with E-state index < -0.39 is 0 Å². The average molecular weight is 423 g/mol. The SMILES string of the molecule is CC(C)(C)c1cc(NC(=O)c2cccc(C#N)c2)n(-c2ccc(Br)cc2)n1. The summed E-state index contributed by atoms with van der Waals surface area (Å²) >= 11 is 3.43. The molecule has 0 aliphatic carbocycles. The number of nitrogens with one attached hydrogen (secondary N) is 1. The lowest BCUT2D eigenvalue weighted by molar-refractivity contribution is 0.102. The van der Waals surface area contributed by atoms with E-state index in [2.05, 4.69) is 48.1 Å². The van der Waals surface area contributed by atoms with Crippen molar-refractivity contribution in [1.29, 1.82) is 5.26 Å². The van der Waals surface area contributed by atoms with Gasteiger partial charge in [0.15, 0.2) is 0 Å². The van der Waals surface area contributed by atoms with Crippen molar-refractivity contribution in [2.24, 2.45) is 0 Å². The van der Waals surface area contributed by atoms with E-state index in [1.165, 1.54) is 0 Å². The van der Waals surface area contributed by atoms with E-state index in [1.807, 2.05) is 30.3 Å². The highest BCUT2D eigenvalue weighted by Gasteiger charge is 2.22. The quantitative estimate of drug-likeness (QED) is 0.641. The highest BCUT2D eigenvalue weighted by molar-refractivity contribution is 9.10. The number of benzene rings is 2. The van der Waals surface area contributed by atoms with Crippen molar-refractivity contribution >= 4 is 27.7 Å². The van der Waals surface area contributed by atoms with Crippen molar-refractivity contribution in [2.75, 3.05) is 5.32 Å². The summed E-state index contributed by atoms with van der Waals surface area (Å²) < 4.78 is 2.69.